The summed E-state index contributed by atoms with van der Waals surface area (Å²) in [5.41, 5.74) is 1.13. The molecule has 0 aromatic heterocycles. The molecule has 0 heterocycles. The van der Waals surface area contributed by atoms with Crippen LogP contribution >= 0.6 is 0 Å². The molecule has 6 nitrogen and oxygen atoms in total. The minimum absolute atomic E-state index is 0.00737. The molecule has 0 unspecified atom stereocenters. The Labute approximate surface area is 149 Å². The summed E-state index contributed by atoms with van der Waals surface area (Å²) in [4.78, 5) is 21.7. The van der Waals surface area contributed by atoms with Crippen molar-refractivity contribution < 1.29 is 29.5 Å². The average molecular weight is 354 g/mol. The van der Waals surface area contributed by atoms with Gasteiger partial charge in [-0.25, -0.2) is 4.79 Å². The van der Waals surface area contributed by atoms with Crippen LogP contribution in [0, 0.1) is 0 Å². The second-order valence-corrected chi connectivity index (χ2v) is 6.02. The highest BCUT2D eigenvalue weighted by Crippen LogP contribution is 2.42. The zero-order chi connectivity index (χ0) is 18.7. The van der Waals surface area contributed by atoms with Gasteiger partial charge in [-0.15, -0.1) is 0 Å². The fraction of sp³-hybridized carbons (Fsp3) is 0.632. The lowest BCUT2D eigenvalue weighted by Crippen LogP contribution is -2.09. The summed E-state index contributed by atoms with van der Waals surface area (Å²) in [6.07, 6.45) is 5.12. The first kappa shape index (κ1) is 21.1. The van der Waals surface area contributed by atoms with E-state index in [0.717, 1.165) is 38.5 Å². The Morgan fingerprint density at radius 1 is 1.04 bits per heavy atom. The van der Waals surface area contributed by atoms with Gasteiger partial charge in [0.1, 0.15) is 0 Å². The number of carbonyl (C=O) groups is 1. The van der Waals surface area contributed by atoms with Gasteiger partial charge in [-0.05, 0) is 38.2 Å². The van der Waals surface area contributed by atoms with Crippen LogP contribution in [0.15, 0.2) is 6.07 Å². The summed E-state index contributed by atoms with van der Waals surface area (Å²) in [5, 5.41) is 19.6. The maximum absolute atomic E-state index is 11.0. The van der Waals surface area contributed by atoms with E-state index in [1.54, 1.807) is 6.07 Å². The average Bonchev–Trinajstić information content (AvgIpc) is 2.58. The molecule has 6 heteroatoms. The van der Waals surface area contributed by atoms with Crippen LogP contribution in [0.2, 0.25) is 0 Å². The van der Waals surface area contributed by atoms with E-state index in [-0.39, 0.29) is 11.5 Å². The van der Waals surface area contributed by atoms with Crippen LogP contribution in [0.4, 0.5) is 4.79 Å². The molecule has 0 atom stereocenters. The molecule has 0 saturated carbocycles. The van der Waals surface area contributed by atoms with Gasteiger partial charge in [0.05, 0.1) is 6.61 Å². The minimum atomic E-state index is -1.44. The van der Waals surface area contributed by atoms with Crippen molar-refractivity contribution in [2.24, 2.45) is 0 Å². The molecular weight excluding hydrogens is 324 g/mol. The van der Waals surface area contributed by atoms with E-state index in [0.29, 0.717) is 36.3 Å². The highest BCUT2D eigenvalue weighted by molar-refractivity contribution is 5.67. The first-order valence-corrected chi connectivity index (χ1v) is 9.12. The Hall–Kier alpha value is -1.95. The van der Waals surface area contributed by atoms with Gasteiger partial charge in [0, 0.05) is 11.1 Å². The highest BCUT2D eigenvalue weighted by atomic mass is 17.2. The van der Waals surface area contributed by atoms with Crippen LogP contribution in [0.5, 0.6) is 17.2 Å². The van der Waals surface area contributed by atoms with E-state index >= 15 is 0 Å². The van der Waals surface area contributed by atoms with Crippen LogP contribution in [0.25, 0.3) is 0 Å². The highest BCUT2D eigenvalue weighted by Gasteiger charge is 2.22. The van der Waals surface area contributed by atoms with Crippen molar-refractivity contribution in [1.82, 2.24) is 0 Å². The molecule has 1 aromatic carbocycles. The zero-order valence-electron chi connectivity index (χ0n) is 15.5. The fourth-order valence-electron chi connectivity index (χ4n) is 2.45. The third-order valence-corrected chi connectivity index (χ3v) is 3.89. The topological polar surface area (TPSA) is 85.2 Å². The van der Waals surface area contributed by atoms with Crippen LogP contribution in [0.3, 0.4) is 0 Å². The lowest BCUT2D eigenvalue weighted by atomic mass is 9.99. The fourth-order valence-corrected chi connectivity index (χ4v) is 2.45. The Kier molecular flexibility index (Phi) is 9.77. The first-order valence-electron chi connectivity index (χ1n) is 9.12. The Balaban J connectivity index is 3.20. The van der Waals surface area contributed by atoms with Crippen LogP contribution in [-0.4, -0.2) is 23.0 Å². The predicted octanol–water partition coefficient (Wildman–Crippen LogP) is 5.24. The van der Waals surface area contributed by atoms with Crippen molar-refractivity contribution in [3.05, 3.63) is 17.2 Å². The zero-order valence-corrected chi connectivity index (χ0v) is 15.5. The van der Waals surface area contributed by atoms with Gasteiger partial charge in [0.2, 0.25) is 0 Å². The Morgan fingerprint density at radius 2 is 1.68 bits per heavy atom. The van der Waals surface area contributed by atoms with Gasteiger partial charge in [0.25, 0.3) is 0 Å². The minimum Gasteiger partial charge on any atom is -0.504 e. The molecule has 0 aliphatic carbocycles. The maximum atomic E-state index is 11.0. The summed E-state index contributed by atoms with van der Waals surface area (Å²) < 4.78 is 4.86. The van der Waals surface area contributed by atoms with E-state index in [1.807, 2.05) is 13.8 Å². The molecule has 0 saturated heterocycles. The van der Waals surface area contributed by atoms with Gasteiger partial charge in [-0.1, -0.05) is 40.0 Å². The molecule has 2 N–H and O–H groups in total. The van der Waals surface area contributed by atoms with Crippen molar-refractivity contribution in [3.8, 4) is 17.2 Å². The summed E-state index contributed by atoms with van der Waals surface area (Å²) in [5.74, 6) is 0.275. The Bertz CT molecular complexity index is 541. The smallest absolute Gasteiger partial charge is 0.504 e. The largest absolute Gasteiger partial charge is 0.511 e. The molecule has 0 amide bonds. The standard InChI is InChI=1S/C19H30O6/c1-4-7-10-14-13-16(25-23-12-9-6-3)15(11-8-5-2)17(20)18(14)24-19(21)22/h13,20H,4-12H2,1-3H3,(H,21,22). The van der Waals surface area contributed by atoms with E-state index in [9.17, 15) is 9.90 Å². The normalized spacial score (nSPS) is 10.7. The number of hydrogen-bond donors (Lipinski definition) is 2. The molecule has 25 heavy (non-hydrogen) atoms. The van der Waals surface area contributed by atoms with Gasteiger partial charge >= 0.3 is 6.16 Å². The quantitative estimate of drug-likeness (QED) is 0.175. The third-order valence-electron chi connectivity index (χ3n) is 3.89. The van der Waals surface area contributed by atoms with Crippen molar-refractivity contribution >= 4 is 6.16 Å². The lowest BCUT2D eigenvalue weighted by Gasteiger charge is -2.17. The summed E-state index contributed by atoms with van der Waals surface area (Å²) in [6, 6.07) is 1.73. The second kappa shape index (κ2) is 11.6. The number of carboxylic acid groups (broad SMARTS) is 1. The summed E-state index contributed by atoms with van der Waals surface area (Å²) >= 11 is 0. The molecule has 0 fully saturated rings. The summed E-state index contributed by atoms with van der Waals surface area (Å²) in [7, 11) is 0. The van der Waals surface area contributed by atoms with Crippen molar-refractivity contribution in [2.75, 3.05) is 6.61 Å². The molecular formula is C19H30O6. The number of rotatable bonds is 12. The lowest BCUT2D eigenvalue weighted by molar-refractivity contribution is -0.207. The molecule has 142 valence electrons. The van der Waals surface area contributed by atoms with Gasteiger partial charge in [-0.3, -0.25) is 0 Å². The number of benzene rings is 1. The number of ether oxygens (including phenoxy) is 1. The number of unbranched alkanes of at least 4 members (excludes halogenated alkanes) is 3. The van der Waals surface area contributed by atoms with Crippen molar-refractivity contribution in [2.45, 2.75) is 72.1 Å². The molecule has 0 spiro atoms. The van der Waals surface area contributed by atoms with E-state index in [4.69, 9.17) is 19.6 Å². The van der Waals surface area contributed by atoms with E-state index in [2.05, 4.69) is 6.92 Å². The first-order chi connectivity index (χ1) is 12.0. The van der Waals surface area contributed by atoms with Gasteiger partial charge < -0.3 is 19.8 Å². The van der Waals surface area contributed by atoms with Gasteiger partial charge in [-0.2, -0.15) is 4.89 Å². The van der Waals surface area contributed by atoms with Crippen LogP contribution in [0.1, 0.15) is 70.4 Å². The predicted molar refractivity (Wildman–Crippen MR) is 95.5 cm³/mol. The molecule has 0 bridgehead atoms. The maximum Gasteiger partial charge on any atom is 0.511 e. The molecule has 0 aliphatic heterocycles. The van der Waals surface area contributed by atoms with E-state index in [1.165, 1.54) is 0 Å². The van der Waals surface area contributed by atoms with Crippen molar-refractivity contribution in [3.63, 3.8) is 0 Å². The Morgan fingerprint density at radius 3 is 2.28 bits per heavy atom. The van der Waals surface area contributed by atoms with E-state index < -0.39 is 6.16 Å². The number of phenols is 1. The second-order valence-electron chi connectivity index (χ2n) is 6.02. The van der Waals surface area contributed by atoms with Crippen LogP contribution in [-0.2, 0) is 17.7 Å². The monoisotopic (exact) mass is 354 g/mol. The third kappa shape index (κ3) is 6.82. The van der Waals surface area contributed by atoms with Gasteiger partial charge in [0.15, 0.2) is 17.2 Å². The molecule has 1 rings (SSSR count). The number of hydrogen-bond acceptors (Lipinski definition) is 5. The number of aryl methyl sites for hydroxylation is 1. The molecule has 1 aromatic rings. The summed E-state index contributed by atoms with van der Waals surface area (Å²) in [6.45, 7) is 6.60. The SMILES string of the molecule is CCCCOOc1cc(CCCC)c(OC(=O)O)c(O)c1CCCC. The van der Waals surface area contributed by atoms with Crippen LogP contribution < -0.4 is 9.62 Å². The number of phenolic OH excluding ortho intramolecular Hbond substituents is 1. The molecule has 0 aliphatic rings. The van der Waals surface area contributed by atoms with Crippen molar-refractivity contribution in [1.29, 1.82) is 0 Å². The number of aromatic hydroxyl groups is 1. The molecule has 0 radical (unpaired) electrons.